The molecule has 4 heteroatoms. The third-order valence-electron chi connectivity index (χ3n) is 2.52. The van der Waals surface area contributed by atoms with Gasteiger partial charge in [0.15, 0.2) is 6.29 Å². The number of halogens is 1. The average Bonchev–Trinajstić information content (AvgIpc) is 2.25. The van der Waals surface area contributed by atoms with Gasteiger partial charge in [-0.1, -0.05) is 6.07 Å². The van der Waals surface area contributed by atoms with E-state index in [-0.39, 0.29) is 5.82 Å². The van der Waals surface area contributed by atoms with Crippen molar-refractivity contribution in [3.05, 3.63) is 35.1 Å². The normalized spacial score (nSPS) is 13.1. The van der Waals surface area contributed by atoms with Gasteiger partial charge in [0.25, 0.3) is 0 Å². The Kier molecular flexibility index (Phi) is 4.86. The molecular formula is C12H17FO3. The SMILES string of the molecule is COC(OC)C(O)Cc1cc(F)ccc1C. The van der Waals surface area contributed by atoms with E-state index in [0.717, 1.165) is 11.1 Å². The molecule has 1 rings (SSSR count). The van der Waals surface area contributed by atoms with Crippen molar-refractivity contribution in [3.8, 4) is 0 Å². The minimum Gasteiger partial charge on any atom is -0.387 e. The van der Waals surface area contributed by atoms with Crippen LogP contribution in [-0.4, -0.2) is 31.7 Å². The maximum atomic E-state index is 13.0. The first-order chi connectivity index (χ1) is 7.58. The Balaban J connectivity index is 2.75. The standard InChI is InChI=1S/C12H17FO3/c1-8-4-5-10(13)6-9(8)7-11(14)12(15-2)16-3/h4-6,11-12,14H,7H2,1-3H3. The molecule has 0 saturated carbocycles. The zero-order chi connectivity index (χ0) is 12.1. The molecule has 0 aliphatic carbocycles. The van der Waals surface area contributed by atoms with Crippen molar-refractivity contribution in [2.75, 3.05) is 14.2 Å². The van der Waals surface area contributed by atoms with Crippen molar-refractivity contribution in [2.24, 2.45) is 0 Å². The molecule has 16 heavy (non-hydrogen) atoms. The molecule has 1 atom stereocenters. The zero-order valence-corrected chi connectivity index (χ0v) is 9.74. The van der Waals surface area contributed by atoms with Gasteiger partial charge in [-0.3, -0.25) is 0 Å². The number of aliphatic hydroxyl groups is 1. The van der Waals surface area contributed by atoms with Gasteiger partial charge in [-0.05, 0) is 30.2 Å². The Morgan fingerprint density at radius 1 is 1.31 bits per heavy atom. The first kappa shape index (κ1) is 13.1. The van der Waals surface area contributed by atoms with Gasteiger partial charge in [-0.2, -0.15) is 0 Å². The molecule has 1 aromatic rings. The van der Waals surface area contributed by atoms with Crippen LogP contribution in [0, 0.1) is 12.7 Å². The highest BCUT2D eigenvalue weighted by atomic mass is 19.1. The molecule has 90 valence electrons. The maximum Gasteiger partial charge on any atom is 0.183 e. The smallest absolute Gasteiger partial charge is 0.183 e. The lowest BCUT2D eigenvalue weighted by atomic mass is 10.0. The van der Waals surface area contributed by atoms with Gasteiger partial charge in [0.05, 0.1) is 0 Å². The molecule has 0 spiro atoms. The monoisotopic (exact) mass is 228 g/mol. The summed E-state index contributed by atoms with van der Waals surface area (Å²) in [5.74, 6) is -0.306. The molecule has 3 nitrogen and oxygen atoms in total. The molecule has 1 unspecified atom stereocenters. The number of aliphatic hydroxyl groups excluding tert-OH is 1. The quantitative estimate of drug-likeness (QED) is 0.779. The Hall–Kier alpha value is -0.970. The van der Waals surface area contributed by atoms with Gasteiger partial charge in [-0.15, -0.1) is 0 Å². The van der Waals surface area contributed by atoms with Gasteiger partial charge in [0, 0.05) is 20.6 Å². The summed E-state index contributed by atoms with van der Waals surface area (Å²) < 4.78 is 22.9. The second kappa shape index (κ2) is 5.94. The summed E-state index contributed by atoms with van der Waals surface area (Å²) in [7, 11) is 2.91. The molecule has 0 heterocycles. The zero-order valence-electron chi connectivity index (χ0n) is 9.74. The Morgan fingerprint density at radius 2 is 1.94 bits per heavy atom. The number of benzene rings is 1. The highest BCUT2D eigenvalue weighted by Gasteiger charge is 2.19. The van der Waals surface area contributed by atoms with Crippen LogP contribution in [0.1, 0.15) is 11.1 Å². The predicted octanol–water partition coefficient (Wildman–Crippen LogP) is 1.66. The number of hydrogen-bond donors (Lipinski definition) is 1. The van der Waals surface area contributed by atoms with Crippen LogP contribution in [0.4, 0.5) is 4.39 Å². The van der Waals surface area contributed by atoms with Gasteiger partial charge < -0.3 is 14.6 Å². The molecule has 0 aliphatic rings. The lowest BCUT2D eigenvalue weighted by Crippen LogP contribution is -2.31. The predicted molar refractivity (Wildman–Crippen MR) is 58.7 cm³/mol. The molecule has 0 aromatic heterocycles. The van der Waals surface area contributed by atoms with Gasteiger partial charge >= 0.3 is 0 Å². The minimum absolute atomic E-state index is 0.302. The van der Waals surface area contributed by atoms with Gasteiger partial charge in [0.2, 0.25) is 0 Å². The summed E-state index contributed by atoms with van der Waals surface area (Å²) in [4.78, 5) is 0. The van der Waals surface area contributed by atoms with E-state index in [0.29, 0.717) is 6.42 Å². The van der Waals surface area contributed by atoms with Crippen LogP contribution in [0.3, 0.4) is 0 Å². The van der Waals surface area contributed by atoms with Crippen molar-refractivity contribution in [1.82, 2.24) is 0 Å². The summed E-state index contributed by atoms with van der Waals surface area (Å²) in [5.41, 5.74) is 1.69. The Morgan fingerprint density at radius 3 is 2.50 bits per heavy atom. The van der Waals surface area contributed by atoms with E-state index in [2.05, 4.69) is 0 Å². The maximum absolute atomic E-state index is 13.0. The third kappa shape index (κ3) is 3.27. The van der Waals surface area contributed by atoms with Crippen LogP contribution in [0.5, 0.6) is 0 Å². The molecule has 0 bridgehead atoms. The first-order valence-corrected chi connectivity index (χ1v) is 5.07. The average molecular weight is 228 g/mol. The van der Waals surface area contributed by atoms with E-state index in [1.807, 2.05) is 6.92 Å². The van der Waals surface area contributed by atoms with E-state index in [4.69, 9.17) is 9.47 Å². The van der Waals surface area contributed by atoms with E-state index in [9.17, 15) is 9.50 Å². The third-order valence-corrected chi connectivity index (χ3v) is 2.52. The molecule has 0 fully saturated rings. The topological polar surface area (TPSA) is 38.7 Å². The van der Waals surface area contributed by atoms with Gasteiger partial charge in [-0.25, -0.2) is 4.39 Å². The van der Waals surface area contributed by atoms with Crippen LogP contribution in [0.25, 0.3) is 0 Å². The minimum atomic E-state index is -0.810. The van der Waals surface area contributed by atoms with Crippen molar-refractivity contribution in [3.63, 3.8) is 0 Å². The number of methoxy groups -OCH3 is 2. The molecule has 0 saturated heterocycles. The lowest BCUT2D eigenvalue weighted by Gasteiger charge is -2.20. The fraction of sp³-hybridized carbons (Fsp3) is 0.500. The second-order valence-corrected chi connectivity index (χ2v) is 3.68. The van der Waals surface area contributed by atoms with Crippen LogP contribution in [0.2, 0.25) is 0 Å². The van der Waals surface area contributed by atoms with E-state index >= 15 is 0 Å². The lowest BCUT2D eigenvalue weighted by molar-refractivity contribution is -0.163. The highest BCUT2D eigenvalue weighted by molar-refractivity contribution is 5.27. The number of rotatable bonds is 5. The Bertz CT molecular complexity index is 337. The molecule has 1 N–H and O–H groups in total. The van der Waals surface area contributed by atoms with Gasteiger partial charge in [0.1, 0.15) is 11.9 Å². The van der Waals surface area contributed by atoms with Crippen molar-refractivity contribution in [2.45, 2.75) is 25.7 Å². The fourth-order valence-corrected chi connectivity index (χ4v) is 1.59. The summed E-state index contributed by atoms with van der Waals surface area (Å²) >= 11 is 0. The molecule has 0 amide bonds. The molecule has 0 aliphatic heterocycles. The fourth-order valence-electron chi connectivity index (χ4n) is 1.59. The van der Waals surface area contributed by atoms with Crippen LogP contribution >= 0.6 is 0 Å². The first-order valence-electron chi connectivity index (χ1n) is 5.07. The summed E-state index contributed by atoms with van der Waals surface area (Å²) in [6.45, 7) is 1.87. The van der Waals surface area contributed by atoms with Crippen molar-refractivity contribution in [1.29, 1.82) is 0 Å². The summed E-state index contributed by atoms with van der Waals surface area (Å²) in [5, 5.41) is 9.81. The molecule has 1 aromatic carbocycles. The van der Waals surface area contributed by atoms with Crippen molar-refractivity contribution >= 4 is 0 Å². The van der Waals surface area contributed by atoms with E-state index in [1.54, 1.807) is 6.07 Å². The van der Waals surface area contributed by atoms with Crippen LogP contribution < -0.4 is 0 Å². The number of ether oxygens (including phenoxy) is 2. The van der Waals surface area contributed by atoms with Crippen LogP contribution in [-0.2, 0) is 15.9 Å². The largest absolute Gasteiger partial charge is 0.387 e. The van der Waals surface area contributed by atoms with E-state index < -0.39 is 12.4 Å². The summed E-state index contributed by atoms with van der Waals surface area (Å²) in [6, 6.07) is 4.50. The number of hydrogen-bond acceptors (Lipinski definition) is 3. The number of aryl methyl sites for hydroxylation is 1. The van der Waals surface area contributed by atoms with Crippen molar-refractivity contribution < 1.29 is 19.0 Å². The molecule has 0 radical (unpaired) electrons. The van der Waals surface area contributed by atoms with E-state index in [1.165, 1.54) is 26.4 Å². The molecular weight excluding hydrogens is 211 g/mol. The summed E-state index contributed by atoms with van der Waals surface area (Å²) in [6.07, 6.45) is -1.20. The Labute approximate surface area is 94.8 Å². The highest BCUT2D eigenvalue weighted by Crippen LogP contribution is 2.14. The second-order valence-electron chi connectivity index (χ2n) is 3.68. The van der Waals surface area contributed by atoms with Crippen LogP contribution in [0.15, 0.2) is 18.2 Å².